The molecule has 0 aromatic carbocycles. The number of esters is 1. The molecule has 2 nitrogen and oxygen atoms in total. The molecule has 4 heteroatoms. The Labute approximate surface area is 93.7 Å². The van der Waals surface area contributed by atoms with Crippen LogP contribution in [0.2, 0.25) is 0 Å². The van der Waals surface area contributed by atoms with E-state index in [2.05, 4.69) is 0 Å². The van der Waals surface area contributed by atoms with E-state index in [1.165, 1.54) is 0 Å². The van der Waals surface area contributed by atoms with E-state index in [9.17, 15) is 13.6 Å². The Hall–Kier alpha value is -0.930. The predicted molar refractivity (Wildman–Crippen MR) is 55.0 cm³/mol. The second-order valence-electron chi connectivity index (χ2n) is 5.15. The summed E-state index contributed by atoms with van der Waals surface area (Å²) in [6.45, 7) is 5.91. The number of halogens is 2. The Morgan fingerprint density at radius 2 is 2.12 bits per heavy atom. The first-order chi connectivity index (χ1) is 7.30. The second-order valence-corrected chi connectivity index (χ2v) is 5.15. The van der Waals surface area contributed by atoms with Crippen molar-refractivity contribution in [2.45, 2.75) is 33.1 Å². The lowest BCUT2D eigenvalue weighted by molar-refractivity contribution is -0.145. The van der Waals surface area contributed by atoms with E-state index < -0.39 is 5.92 Å². The third kappa shape index (κ3) is 1.74. The summed E-state index contributed by atoms with van der Waals surface area (Å²) >= 11 is 0. The molecule has 2 aliphatic rings. The van der Waals surface area contributed by atoms with Crippen LogP contribution in [0.25, 0.3) is 0 Å². The summed E-state index contributed by atoms with van der Waals surface area (Å²) in [6.07, 6.45) is 1.43. The lowest BCUT2D eigenvalue weighted by Crippen LogP contribution is -2.10. The molecule has 0 aromatic rings. The SMILES string of the molecule is CCOC(=O)C1C(/C=C2\CC2(F)F)C1(C)C. The van der Waals surface area contributed by atoms with Crippen LogP contribution >= 0.6 is 0 Å². The number of ether oxygens (including phenoxy) is 1. The average molecular weight is 230 g/mol. The van der Waals surface area contributed by atoms with Gasteiger partial charge in [-0.15, -0.1) is 0 Å². The first-order valence-electron chi connectivity index (χ1n) is 5.56. The molecule has 0 aliphatic heterocycles. The molecule has 0 N–H and O–H groups in total. The molecule has 0 bridgehead atoms. The van der Waals surface area contributed by atoms with Crippen molar-refractivity contribution in [2.75, 3.05) is 6.61 Å². The van der Waals surface area contributed by atoms with Gasteiger partial charge in [-0.05, 0) is 18.3 Å². The number of carbonyl (C=O) groups excluding carboxylic acids is 1. The molecule has 2 rings (SSSR count). The van der Waals surface area contributed by atoms with Crippen molar-refractivity contribution in [3.8, 4) is 0 Å². The minimum atomic E-state index is -2.61. The maximum Gasteiger partial charge on any atom is 0.310 e. The molecule has 2 atom stereocenters. The number of alkyl halides is 2. The highest BCUT2D eigenvalue weighted by Crippen LogP contribution is 2.62. The summed E-state index contributed by atoms with van der Waals surface area (Å²) in [4.78, 5) is 11.6. The van der Waals surface area contributed by atoms with Gasteiger partial charge in [-0.1, -0.05) is 19.9 Å². The van der Waals surface area contributed by atoms with Crippen LogP contribution in [0.5, 0.6) is 0 Å². The maximum absolute atomic E-state index is 12.7. The van der Waals surface area contributed by atoms with Gasteiger partial charge >= 0.3 is 5.97 Å². The number of hydrogen-bond donors (Lipinski definition) is 0. The number of rotatable bonds is 3. The molecule has 0 saturated heterocycles. The third-order valence-electron chi connectivity index (χ3n) is 3.59. The molecule has 90 valence electrons. The maximum atomic E-state index is 12.7. The Bertz CT molecular complexity index is 358. The second kappa shape index (κ2) is 3.28. The molecule has 2 unspecified atom stereocenters. The quantitative estimate of drug-likeness (QED) is 0.550. The Kier molecular flexibility index (Phi) is 2.37. The van der Waals surface area contributed by atoms with Crippen LogP contribution in [-0.4, -0.2) is 18.5 Å². The Morgan fingerprint density at radius 1 is 1.56 bits per heavy atom. The largest absolute Gasteiger partial charge is 0.466 e. The summed E-state index contributed by atoms with van der Waals surface area (Å²) in [5.74, 6) is -3.22. The fourth-order valence-electron chi connectivity index (χ4n) is 2.26. The van der Waals surface area contributed by atoms with Crippen molar-refractivity contribution in [3.05, 3.63) is 11.6 Å². The fraction of sp³-hybridized carbons (Fsp3) is 0.750. The predicted octanol–water partition coefficient (Wildman–Crippen LogP) is 2.79. The first kappa shape index (κ1) is 11.6. The molecule has 0 heterocycles. The molecule has 2 aliphatic carbocycles. The van der Waals surface area contributed by atoms with Gasteiger partial charge in [-0.2, -0.15) is 0 Å². The van der Waals surface area contributed by atoms with E-state index in [1.807, 2.05) is 13.8 Å². The fourth-order valence-corrected chi connectivity index (χ4v) is 2.26. The zero-order valence-electron chi connectivity index (χ0n) is 9.72. The van der Waals surface area contributed by atoms with Gasteiger partial charge in [0.1, 0.15) is 0 Å². The summed E-state index contributed by atoms with van der Waals surface area (Å²) in [7, 11) is 0. The zero-order valence-corrected chi connectivity index (χ0v) is 9.72. The van der Waals surface area contributed by atoms with E-state index in [4.69, 9.17) is 4.74 Å². The molecule has 0 amide bonds. The van der Waals surface area contributed by atoms with Crippen LogP contribution in [0.3, 0.4) is 0 Å². The molecule has 16 heavy (non-hydrogen) atoms. The molecule has 0 aromatic heterocycles. The average Bonchev–Trinajstić information content (AvgIpc) is 2.89. The Balaban J connectivity index is 2.03. The molecule has 0 spiro atoms. The van der Waals surface area contributed by atoms with Crippen molar-refractivity contribution < 1.29 is 18.3 Å². The topological polar surface area (TPSA) is 26.3 Å². The van der Waals surface area contributed by atoms with Gasteiger partial charge < -0.3 is 4.74 Å². The standard InChI is InChI=1S/C12H16F2O2/c1-4-16-10(15)9-8(11(9,2)3)5-7-6-12(7,13)14/h5,8-9H,4,6H2,1-3H3/b7-5+. The molecular formula is C12H16F2O2. The first-order valence-corrected chi connectivity index (χ1v) is 5.56. The van der Waals surface area contributed by atoms with Crippen LogP contribution in [0.4, 0.5) is 8.78 Å². The third-order valence-corrected chi connectivity index (χ3v) is 3.59. The zero-order chi connectivity index (χ0) is 12.1. The van der Waals surface area contributed by atoms with Crippen molar-refractivity contribution in [1.29, 1.82) is 0 Å². The van der Waals surface area contributed by atoms with Gasteiger partial charge in [0.15, 0.2) is 0 Å². The van der Waals surface area contributed by atoms with Gasteiger partial charge in [-0.25, -0.2) is 8.78 Å². The molecule has 2 fully saturated rings. The van der Waals surface area contributed by atoms with E-state index in [-0.39, 0.29) is 35.2 Å². The van der Waals surface area contributed by atoms with Gasteiger partial charge in [0.2, 0.25) is 0 Å². The number of carbonyl (C=O) groups is 1. The summed E-state index contributed by atoms with van der Waals surface area (Å²) < 4.78 is 30.4. The van der Waals surface area contributed by atoms with Gasteiger partial charge in [0.25, 0.3) is 5.92 Å². The normalized spacial score (nSPS) is 35.9. The van der Waals surface area contributed by atoms with E-state index in [1.54, 1.807) is 13.0 Å². The monoisotopic (exact) mass is 230 g/mol. The number of allylic oxidation sites excluding steroid dienone is 2. The smallest absolute Gasteiger partial charge is 0.310 e. The van der Waals surface area contributed by atoms with E-state index in [0.29, 0.717) is 6.61 Å². The van der Waals surface area contributed by atoms with E-state index in [0.717, 1.165) is 0 Å². The molecular weight excluding hydrogens is 214 g/mol. The highest BCUT2D eigenvalue weighted by Gasteiger charge is 2.63. The minimum Gasteiger partial charge on any atom is -0.466 e. The minimum absolute atomic E-state index is 0.0880. The van der Waals surface area contributed by atoms with Crippen LogP contribution in [0, 0.1) is 17.3 Å². The lowest BCUT2D eigenvalue weighted by atomic mass is 10.1. The number of hydrogen-bond acceptors (Lipinski definition) is 2. The van der Waals surface area contributed by atoms with Crippen LogP contribution < -0.4 is 0 Å². The van der Waals surface area contributed by atoms with Gasteiger partial charge in [0, 0.05) is 12.0 Å². The van der Waals surface area contributed by atoms with Crippen molar-refractivity contribution in [1.82, 2.24) is 0 Å². The Morgan fingerprint density at radius 3 is 2.56 bits per heavy atom. The summed E-state index contributed by atoms with van der Waals surface area (Å²) in [5.41, 5.74) is -0.0600. The molecule has 0 radical (unpaired) electrons. The molecule has 2 saturated carbocycles. The lowest BCUT2D eigenvalue weighted by Gasteiger charge is -2.01. The van der Waals surface area contributed by atoms with Crippen LogP contribution in [0.1, 0.15) is 27.2 Å². The van der Waals surface area contributed by atoms with Gasteiger partial charge in [0.05, 0.1) is 12.5 Å². The van der Waals surface area contributed by atoms with Crippen molar-refractivity contribution >= 4 is 5.97 Å². The summed E-state index contributed by atoms with van der Waals surface area (Å²) in [5, 5.41) is 0. The van der Waals surface area contributed by atoms with Crippen molar-refractivity contribution in [2.24, 2.45) is 17.3 Å². The highest BCUT2D eigenvalue weighted by molar-refractivity contribution is 5.78. The van der Waals surface area contributed by atoms with Crippen LogP contribution in [0.15, 0.2) is 11.6 Å². The van der Waals surface area contributed by atoms with E-state index >= 15 is 0 Å². The van der Waals surface area contributed by atoms with Gasteiger partial charge in [-0.3, -0.25) is 4.79 Å². The van der Waals surface area contributed by atoms with Crippen molar-refractivity contribution in [3.63, 3.8) is 0 Å². The summed E-state index contributed by atoms with van der Waals surface area (Å²) in [6, 6.07) is 0. The highest BCUT2D eigenvalue weighted by atomic mass is 19.3. The van der Waals surface area contributed by atoms with Crippen LogP contribution in [-0.2, 0) is 9.53 Å².